The van der Waals surface area contributed by atoms with Crippen molar-refractivity contribution < 1.29 is 4.42 Å². The van der Waals surface area contributed by atoms with Crippen molar-refractivity contribution in [3.63, 3.8) is 0 Å². The number of halogens is 4. The van der Waals surface area contributed by atoms with Crippen molar-refractivity contribution in [2.24, 2.45) is 0 Å². The molecular weight excluding hydrogens is 535 g/mol. The van der Waals surface area contributed by atoms with Crippen LogP contribution in [0.1, 0.15) is 0 Å². The molecule has 4 rings (SSSR count). The fourth-order valence-corrected chi connectivity index (χ4v) is 3.77. The number of thiazole rings is 1. The van der Waals surface area contributed by atoms with Crippen molar-refractivity contribution in [3.05, 3.63) is 74.5 Å². The van der Waals surface area contributed by atoms with E-state index in [1.165, 1.54) is 11.3 Å². The smallest absolute Gasteiger partial charge is 0.187 e. The minimum Gasteiger partial charge on any atom is -0.454 e. The molecule has 0 amide bonds. The molecule has 3 nitrogen and oxygen atoms in total. The lowest BCUT2D eigenvalue weighted by Gasteiger charge is -2.02. The van der Waals surface area contributed by atoms with E-state index in [1.807, 2.05) is 41.8 Å². The Morgan fingerprint density at radius 1 is 0.963 bits per heavy atom. The number of aromatic nitrogens is 1. The largest absolute Gasteiger partial charge is 0.454 e. The van der Waals surface area contributed by atoms with Crippen LogP contribution < -0.4 is 5.32 Å². The van der Waals surface area contributed by atoms with Gasteiger partial charge in [-0.25, -0.2) is 4.98 Å². The van der Waals surface area contributed by atoms with E-state index in [4.69, 9.17) is 27.6 Å². The van der Waals surface area contributed by atoms with Gasteiger partial charge >= 0.3 is 0 Å². The lowest BCUT2D eigenvalue weighted by atomic mass is 10.2. The van der Waals surface area contributed by atoms with E-state index < -0.39 is 0 Å². The molecule has 0 atom stereocenters. The zero-order valence-corrected chi connectivity index (χ0v) is 19.2. The molecule has 0 fully saturated rings. The standard InChI is InChI=1S/C19H11BrCl2N2OS.BrH/c20-11-1-4-13(5-2-11)23-19-24-16(10-26-19)18-8-7-17(25-18)14-9-12(21)3-6-15(14)22;/h1-10H,(H,23,24);1H. The fraction of sp³-hybridized carbons (Fsp3) is 0. The summed E-state index contributed by atoms with van der Waals surface area (Å²) in [6.45, 7) is 0. The summed E-state index contributed by atoms with van der Waals surface area (Å²) >= 11 is 17.2. The summed E-state index contributed by atoms with van der Waals surface area (Å²) in [5.41, 5.74) is 2.49. The number of benzene rings is 2. The summed E-state index contributed by atoms with van der Waals surface area (Å²) in [4.78, 5) is 4.59. The molecule has 0 saturated carbocycles. The van der Waals surface area contributed by atoms with Crippen LogP contribution in [0.4, 0.5) is 10.8 Å². The zero-order valence-electron chi connectivity index (χ0n) is 13.6. The molecule has 8 heteroatoms. The molecule has 4 aromatic rings. The average Bonchev–Trinajstić information content (AvgIpc) is 3.28. The highest BCUT2D eigenvalue weighted by molar-refractivity contribution is 9.10. The Balaban J connectivity index is 0.00000210. The molecule has 0 radical (unpaired) electrons. The molecule has 2 aromatic carbocycles. The molecule has 0 aliphatic rings. The van der Waals surface area contributed by atoms with Crippen LogP contribution in [0.15, 0.2) is 68.9 Å². The predicted octanol–water partition coefficient (Wildman–Crippen LogP) is 8.46. The maximum Gasteiger partial charge on any atom is 0.187 e. The van der Waals surface area contributed by atoms with Crippen LogP contribution in [0.3, 0.4) is 0 Å². The maximum atomic E-state index is 6.25. The quantitative estimate of drug-likeness (QED) is 0.279. The van der Waals surface area contributed by atoms with E-state index in [2.05, 4.69) is 26.2 Å². The van der Waals surface area contributed by atoms with Crippen LogP contribution in [0.25, 0.3) is 22.8 Å². The first kappa shape index (κ1) is 20.4. The average molecular weight is 547 g/mol. The van der Waals surface area contributed by atoms with Gasteiger partial charge in [0.15, 0.2) is 10.9 Å². The molecule has 138 valence electrons. The third-order valence-corrected chi connectivity index (χ3v) is 5.50. The first-order valence-electron chi connectivity index (χ1n) is 7.62. The van der Waals surface area contributed by atoms with Crippen LogP contribution in [-0.4, -0.2) is 4.98 Å². The number of anilines is 2. The van der Waals surface area contributed by atoms with Crippen molar-refractivity contribution in [3.8, 4) is 22.8 Å². The van der Waals surface area contributed by atoms with E-state index >= 15 is 0 Å². The Morgan fingerprint density at radius 3 is 2.48 bits per heavy atom. The number of hydrogen-bond donors (Lipinski definition) is 1. The van der Waals surface area contributed by atoms with Crippen molar-refractivity contribution >= 4 is 78.3 Å². The summed E-state index contributed by atoms with van der Waals surface area (Å²) in [5, 5.41) is 7.22. The van der Waals surface area contributed by atoms with E-state index in [1.54, 1.807) is 18.2 Å². The first-order chi connectivity index (χ1) is 12.6. The Kier molecular flexibility index (Phi) is 6.65. The van der Waals surface area contributed by atoms with Crippen LogP contribution >= 0.6 is 67.5 Å². The SMILES string of the molecule is Br.Clc1ccc(Cl)c(-c2ccc(-c3csc(Nc4ccc(Br)cc4)n3)o2)c1. The van der Waals surface area contributed by atoms with E-state index in [-0.39, 0.29) is 17.0 Å². The number of hydrogen-bond acceptors (Lipinski definition) is 4. The summed E-state index contributed by atoms with van der Waals surface area (Å²) in [5.74, 6) is 1.33. The number of nitrogens with zero attached hydrogens (tertiary/aromatic N) is 1. The molecule has 0 spiro atoms. The molecule has 0 unspecified atom stereocenters. The highest BCUT2D eigenvalue weighted by atomic mass is 79.9. The van der Waals surface area contributed by atoms with Gasteiger partial charge in [0.1, 0.15) is 11.5 Å². The number of nitrogens with one attached hydrogen (secondary N) is 1. The first-order valence-corrected chi connectivity index (χ1v) is 10.0. The minimum atomic E-state index is 0. The molecular formula is C19H12Br2Cl2N2OS. The molecule has 0 aliphatic heterocycles. The van der Waals surface area contributed by atoms with Crippen LogP contribution in [0.5, 0.6) is 0 Å². The monoisotopic (exact) mass is 544 g/mol. The highest BCUT2D eigenvalue weighted by Crippen LogP contribution is 2.35. The summed E-state index contributed by atoms with van der Waals surface area (Å²) in [7, 11) is 0. The molecule has 2 aromatic heterocycles. The molecule has 0 aliphatic carbocycles. The van der Waals surface area contributed by atoms with Gasteiger partial charge in [0.2, 0.25) is 0 Å². The Labute approximate surface area is 189 Å². The second-order valence-corrected chi connectivity index (χ2v) is 8.08. The Hall–Kier alpha value is -1.31. The molecule has 0 saturated heterocycles. The van der Waals surface area contributed by atoms with Crippen LogP contribution in [0, 0.1) is 0 Å². The van der Waals surface area contributed by atoms with Crippen molar-refractivity contribution in [1.82, 2.24) is 4.98 Å². The van der Waals surface area contributed by atoms with Gasteiger partial charge in [-0.05, 0) is 54.6 Å². The van der Waals surface area contributed by atoms with Gasteiger partial charge in [-0.15, -0.1) is 28.3 Å². The summed E-state index contributed by atoms with van der Waals surface area (Å²) in [6.07, 6.45) is 0. The Morgan fingerprint density at radius 2 is 1.70 bits per heavy atom. The third kappa shape index (κ3) is 4.76. The van der Waals surface area contributed by atoms with Gasteiger partial charge in [-0.2, -0.15) is 0 Å². The minimum absolute atomic E-state index is 0. The van der Waals surface area contributed by atoms with Gasteiger partial charge in [0.25, 0.3) is 0 Å². The third-order valence-electron chi connectivity index (χ3n) is 3.65. The summed E-state index contributed by atoms with van der Waals surface area (Å²) < 4.78 is 6.97. The second kappa shape index (κ2) is 8.80. The highest BCUT2D eigenvalue weighted by Gasteiger charge is 2.13. The van der Waals surface area contributed by atoms with Crippen LogP contribution in [0.2, 0.25) is 10.0 Å². The van der Waals surface area contributed by atoms with Crippen molar-refractivity contribution in [2.45, 2.75) is 0 Å². The molecule has 0 bridgehead atoms. The topological polar surface area (TPSA) is 38.1 Å². The molecule has 1 N–H and O–H groups in total. The maximum absolute atomic E-state index is 6.25. The van der Waals surface area contributed by atoms with Gasteiger partial charge in [-0.1, -0.05) is 39.1 Å². The molecule has 2 heterocycles. The van der Waals surface area contributed by atoms with Crippen LogP contribution in [-0.2, 0) is 0 Å². The second-order valence-electron chi connectivity index (χ2n) is 5.46. The normalized spacial score (nSPS) is 10.5. The zero-order chi connectivity index (χ0) is 18.1. The lowest BCUT2D eigenvalue weighted by Crippen LogP contribution is -1.88. The van der Waals surface area contributed by atoms with Crippen molar-refractivity contribution in [2.75, 3.05) is 5.32 Å². The number of furan rings is 1. The van der Waals surface area contributed by atoms with Gasteiger partial charge < -0.3 is 9.73 Å². The Bertz CT molecular complexity index is 1060. The van der Waals surface area contributed by atoms with Gasteiger partial charge in [0.05, 0.1) is 5.02 Å². The molecule has 27 heavy (non-hydrogen) atoms. The lowest BCUT2D eigenvalue weighted by molar-refractivity contribution is 0.595. The summed E-state index contributed by atoms with van der Waals surface area (Å²) in [6, 6.07) is 17.0. The van der Waals surface area contributed by atoms with Crippen molar-refractivity contribution in [1.29, 1.82) is 0 Å². The van der Waals surface area contributed by atoms with Gasteiger partial charge in [-0.3, -0.25) is 0 Å². The number of rotatable bonds is 4. The van der Waals surface area contributed by atoms with E-state index in [9.17, 15) is 0 Å². The van der Waals surface area contributed by atoms with E-state index in [0.29, 0.717) is 21.6 Å². The predicted molar refractivity (Wildman–Crippen MR) is 123 cm³/mol. The van der Waals surface area contributed by atoms with Gasteiger partial charge in [0, 0.05) is 26.1 Å². The fourth-order valence-electron chi connectivity index (χ4n) is 2.41. The van der Waals surface area contributed by atoms with E-state index in [0.717, 1.165) is 26.5 Å².